The summed E-state index contributed by atoms with van der Waals surface area (Å²) in [5, 5.41) is 2.98. The highest BCUT2D eigenvalue weighted by atomic mass is 16.5. The largest absolute Gasteiger partial charge is 0.462 e. The average Bonchev–Trinajstić information content (AvgIpc) is 2.68. The van der Waals surface area contributed by atoms with Gasteiger partial charge < -0.3 is 14.8 Å². The van der Waals surface area contributed by atoms with Gasteiger partial charge in [0.2, 0.25) is 5.91 Å². The molecule has 2 aliphatic heterocycles. The highest BCUT2D eigenvalue weighted by Crippen LogP contribution is 2.17. The van der Waals surface area contributed by atoms with E-state index in [4.69, 9.17) is 9.47 Å². The molecule has 1 N–H and O–H groups in total. The first-order chi connectivity index (χ1) is 12.7. The van der Waals surface area contributed by atoms with Gasteiger partial charge in [-0.3, -0.25) is 14.5 Å². The Balaban J connectivity index is 1.74. The summed E-state index contributed by atoms with van der Waals surface area (Å²) in [5.74, 6) is -0.280. The van der Waals surface area contributed by atoms with E-state index in [0.717, 1.165) is 18.7 Å². The van der Waals surface area contributed by atoms with Crippen LogP contribution in [0.2, 0.25) is 0 Å². The van der Waals surface area contributed by atoms with Crippen LogP contribution in [0.3, 0.4) is 0 Å². The van der Waals surface area contributed by atoms with Crippen LogP contribution in [0.15, 0.2) is 42.5 Å². The molecule has 0 unspecified atom stereocenters. The first kappa shape index (κ1) is 18.6. The molecule has 0 aromatic heterocycles. The Kier molecular flexibility index (Phi) is 6.80. The van der Waals surface area contributed by atoms with E-state index in [0.29, 0.717) is 32.5 Å². The van der Waals surface area contributed by atoms with Gasteiger partial charge in [0.1, 0.15) is 12.6 Å². The summed E-state index contributed by atoms with van der Waals surface area (Å²) < 4.78 is 11.0. The van der Waals surface area contributed by atoms with Crippen LogP contribution in [0, 0.1) is 0 Å². The van der Waals surface area contributed by atoms with E-state index < -0.39 is 0 Å². The Labute approximate surface area is 154 Å². The second kappa shape index (κ2) is 9.50. The number of morpholine rings is 1. The van der Waals surface area contributed by atoms with E-state index in [1.165, 1.54) is 0 Å². The van der Waals surface area contributed by atoms with Gasteiger partial charge in [-0.15, -0.1) is 0 Å². The number of nitrogens with one attached hydrogen (secondary N) is 1. The lowest BCUT2D eigenvalue weighted by Crippen LogP contribution is -2.48. The summed E-state index contributed by atoms with van der Waals surface area (Å²) in [6.07, 6.45) is 5.63. The molecule has 140 valence electrons. The minimum atomic E-state index is -0.332. The number of allylic oxidation sites excluding steroid dienone is 1. The molecule has 2 heterocycles. The van der Waals surface area contributed by atoms with Gasteiger partial charge in [-0.05, 0) is 18.4 Å². The summed E-state index contributed by atoms with van der Waals surface area (Å²) >= 11 is 0. The number of carbonyl (C=O) groups excluding carboxylic acids is 2. The molecule has 2 aliphatic rings. The molecular formula is C20H26N2O4. The molecular weight excluding hydrogens is 332 g/mol. The lowest BCUT2D eigenvalue weighted by atomic mass is 10.1. The van der Waals surface area contributed by atoms with Crippen molar-refractivity contribution in [2.45, 2.75) is 31.3 Å². The number of nitrogens with zero attached hydrogens (tertiary/aromatic N) is 1. The molecule has 1 fully saturated rings. The Bertz CT molecular complexity index is 626. The minimum absolute atomic E-state index is 0.0372. The molecule has 1 aromatic carbocycles. The number of rotatable bonds is 2. The number of hydrogen-bond donors (Lipinski definition) is 1. The van der Waals surface area contributed by atoms with Crippen molar-refractivity contribution in [3.8, 4) is 0 Å². The van der Waals surface area contributed by atoms with Gasteiger partial charge in [0.05, 0.1) is 19.3 Å². The number of hydrogen-bond acceptors (Lipinski definition) is 5. The van der Waals surface area contributed by atoms with Crippen LogP contribution in [-0.2, 0) is 19.1 Å². The third kappa shape index (κ3) is 5.16. The molecule has 0 radical (unpaired) electrons. The van der Waals surface area contributed by atoms with Crippen molar-refractivity contribution in [1.82, 2.24) is 10.2 Å². The Morgan fingerprint density at radius 3 is 2.58 bits per heavy atom. The average molecular weight is 358 g/mol. The maximum absolute atomic E-state index is 12.7. The Hall–Kier alpha value is -2.18. The van der Waals surface area contributed by atoms with Gasteiger partial charge in [-0.25, -0.2) is 0 Å². The molecule has 0 bridgehead atoms. The van der Waals surface area contributed by atoms with Crippen molar-refractivity contribution >= 4 is 11.9 Å². The summed E-state index contributed by atoms with van der Waals surface area (Å²) in [5.41, 5.74) is 0.934. The summed E-state index contributed by atoms with van der Waals surface area (Å²) in [4.78, 5) is 27.0. The van der Waals surface area contributed by atoms with Crippen LogP contribution in [0.25, 0.3) is 0 Å². The van der Waals surface area contributed by atoms with Crippen molar-refractivity contribution in [1.29, 1.82) is 0 Å². The maximum atomic E-state index is 12.7. The molecule has 1 aromatic rings. The first-order valence-electron chi connectivity index (χ1n) is 9.22. The highest BCUT2D eigenvalue weighted by molar-refractivity contribution is 5.77. The molecule has 1 amide bonds. The van der Waals surface area contributed by atoms with E-state index in [2.05, 4.69) is 10.2 Å². The minimum Gasteiger partial charge on any atom is -0.462 e. The second-order valence-corrected chi connectivity index (χ2v) is 6.57. The van der Waals surface area contributed by atoms with Gasteiger partial charge >= 0.3 is 5.97 Å². The standard InChI is InChI=1S/C20H26N2O4/c23-19-10-6-2-5-9-18(22-11-13-25-14-12-22)20(24)26-15-17(21-19)16-7-3-1-4-8-16/h1-5,7-8,17-18H,6,9-15H2,(H,21,23)/b5-2-/t17-,18+/m0/s1. The molecule has 0 saturated carbocycles. The topological polar surface area (TPSA) is 67.9 Å². The van der Waals surface area contributed by atoms with Crippen LogP contribution in [0.1, 0.15) is 30.9 Å². The monoisotopic (exact) mass is 358 g/mol. The van der Waals surface area contributed by atoms with E-state index in [1.54, 1.807) is 0 Å². The molecule has 1 saturated heterocycles. The van der Waals surface area contributed by atoms with Gasteiger partial charge in [0.15, 0.2) is 0 Å². The zero-order valence-electron chi connectivity index (χ0n) is 14.9. The van der Waals surface area contributed by atoms with Gasteiger partial charge in [0.25, 0.3) is 0 Å². The van der Waals surface area contributed by atoms with Gasteiger partial charge in [-0.2, -0.15) is 0 Å². The van der Waals surface area contributed by atoms with Crippen molar-refractivity contribution < 1.29 is 19.1 Å². The zero-order chi connectivity index (χ0) is 18.2. The number of cyclic esters (lactones) is 1. The van der Waals surface area contributed by atoms with E-state index in [1.807, 2.05) is 42.5 Å². The van der Waals surface area contributed by atoms with Crippen LogP contribution in [-0.4, -0.2) is 55.7 Å². The summed E-state index contributed by atoms with van der Waals surface area (Å²) in [6, 6.07) is 8.99. The van der Waals surface area contributed by atoms with Crippen LogP contribution in [0.5, 0.6) is 0 Å². The fraction of sp³-hybridized carbons (Fsp3) is 0.500. The normalized spacial score (nSPS) is 27.5. The van der Waals surface area contributed by atoms with Crippen LogP contribution >= 0.6 is 0 Å². The molecule has 0 spiro atoms. The smallest absolute Gasteiger partial charge is 0.323 e. The zero-order valence-corrected chi connectivity index (χ0v) is 14.9. The quantitative estimate of drug-likeness (QED) is 0.645. The van der Waals surface area contributed by atoms with E-state index in [-0.39, 0.29) is 30.6 Å². The number of carbonyl (C=O) groups is 2. The van der Waals surface area contributed by atoms with E-state index >= 15 is 0 Å². The number of benzene rings is 1. The van der Waals surface area contributed by atoms with Crippen LogP contribution in [0.4, 0.5) is 0 Å². The van der Waals surface area contributed by atoms with Crippen LogP contribution < -0.4 is 5.32 Å². The lowest BCUT2D eigenvalue weighted by molar-refractivity contribution is -0.153. The molecule has 2 atom stereocenters. The summed E-state index contributed by atoms with van der Waals surface area (Å²) in [7, 11) is 0. The fourth-order valence-electron chi connectivity index (χ4n) is 3.28. The van der Waals surface area contributed by atoms with E-state index in [9.17, 15) is 9.59 Å². The SMILES string of the molecule is O=C1CC/C=C\C[C@@H](N2CCOCC2)C(=O)OC[C@@H](c2ccccc2)N1. The first-order valence-corrected chi connectivity index (χ1v) is 9.22. The van der Waals surface area contributed by atoms with Gasteiger partial charge in [0, 0.05) is 19.5 Å². The molecule has 3 rings (SSSR count). The van der Waals surface area contributed by atoms with Crippen molar-refractivity contribution in [3.05, 3.63) is 48.0 Å². The summed E-state index contributed by atoms with van der Waals surface area (Å²) in [6.45, 7) is 2.87. The molecule has 6 heteroatoms. The molecule has 0 aliphatic carbocycles. The fourth-order valence-corrected chi connectivity index (χ4v) is 3.28. The molecule has 6 nitrogen and oxygen atoms in total. The third-order valence-electron chi connectivity index (χ3n) is 4.75. The number of esters is 1. The second-order valence-electron chi connectivity index (χ2n) is 6.57. The third-order valence-corrected chi connectivity index (χ3v) is 4.75. The Morgan fingerprint density at radius 2 is 1.81 bits per heavy atom. The van der Waals surface area contributed by atoms with Crippen molar-refractivity contribution in [3.63, 3.8) is 0 Å². The number of ether oxygens (including phenoxy) is 2. The van der Waals surface area contributed by atoms with Crippen molar-refractivity contribution in [2.75, 3.05) is 32.9 Å². The van der Waals surface area contributed by atoms with Gasteiger partial charge in [-0.1, -0.05) is 42.5 Å². The predicted molar refractivity (Wildman–Crippen MR) is 97.5 cm³/mol. The van der Waals surface area contributed by atoms with Crippen molar-refractivity contribution in [2.24, 2.45) is 0 Å². The maximum Gasteiger partial charge on any atom is 0.323 e. The Morgan fingerprint density at radius 1 is 1.04 bits per heavy atom. The lowest BCUT2D eigenvalue weighted by Gasteiger charge is -2.33. The predicted octanol–water partition coefficient (Wildman–Crippen LogP) is 1.83. The number of amides is 1. The molecule has 26 heavy (non-hydrogen) atoms. The highest BCUT2D eigenvalue weighted by Gasteiger charge is 2.29.